The Kier molecular flexibility index (Phi) is 3.95. The number of hydrogen-bond acceptors (Lipinski definition) is 4. The van der Waals surface area contributed by atoms with Crippen molar-refractivity contribution in [2.75, 3.05) is 11.9 Å². The largest absolute Gasteiger partial charge is 0.325 e. The second-order valence-corrected chi connectivity index (χ2v) is 7.28. The van der Waals surface area contributed by atoms with Gasteiger partial charge in [0.05, 0.1) is 17.3 Å². The zero-order chi connectivity index (χ0) is 16.6. The van der Waals surface area contributed by atoms with Gasteiger partial charge in [-0.15, -0.1) is 0 Å². The molecule has 1 atom stereocenters. The van der Waals surface area contributed by atoms with E-state index in [-0.39, 0.29) is 23.3 Å². The molecule has 0 saturated heterocycles. The van der Waals surface area contributed by atoms with Crippen molar-refractivity contribution in [1.82, 2.24) is 14.9 Å². The number of nitrogens with one attached hydrogen (secondary N) is 3. The van der Waals surface area contributed by atoms with Crippen molar-refractivity contribution in [3.63, 3.8) is 0 Å². The van der Waals surface area contributed by atoms with E-state index in [1.54, 1.807) is 13.8 Å². The highest BCUT2D eigenvalue weighted by Gasteiger charge is 2.30. The number of carbonyl (C=O) groups excluding carboxylic acids is 1. The maximum absolute atomic E-state index is 12.4. The first-order valence-corrected chi connectivity index (χ1v) is 8.79. The van der Waals surface area contributed by atoms with Gasteiger partial charge in [0.1, 0.15) is 4.90 Å². The van der Waals surface area contributed by atoms with Crippen LogP contribution in [-0.4, -0.2) is 31.1 Å². The Bertz CT molecular complexity index is 838. The molecule has 23 heavy (non-hydrogen) atoms. The molecular weight excluding hydrogens is 316 g/mol. The molecule has 7 nitrogen and oxygen atoms in total. The Labute approximate surface area is 134 Å². The number of aryl methyl sites for hydroxylation is 2. The summed E-state index contributed by atoms with van der Waals surface area (Å²) in [6, 6.07) is 7.45. The van der Waals surface area contributed by atoms with Gasteiger partial charge in [0.25, 0.3) is 0 Å². The molecule has 0 spiro atoms. The number of para-hydroxylation sites is 1. The molecule has 3 N–H and O–H groups in total. The summed E-state index contributed by atoms with van der Waals surface area (Å²) in [5.41, 5.74) is 2.64. The highest BCUT2D eigenvalue weighted by molar-refractivity contribution is 7.89. The van der Waals surface area contributed by atoms with Crippen LogP contribution in [0.25, 0.3) is 0 Å². The second-order valence-electron chi connectivity index (χ2n) is 5.58. The lowest BCUT2D eigenvalue weighted by Gasteiger charge is -2.10. The minimum atomic E-state index is -3.64. The summed E-state index contributed by atoms with van der Waals surface area (Å²) in [5, 5.41) is 9.37. The van der Waals surface area contributed by atoms with Crippen molar-refractivity contribution >= 4 is 21.6 Å². The number of H-pyrrole nitrogens is 1. The van der Waals surface area contributed by atoms with Crippen molar-refractivity contribution in [3.8, 4) is 0 Å². The van der Waals surface area contributed by atoms with Crippen LogP contribution in [0.1, 0.15) is 29.3 Å². The number of benzene rings is 1. The molecule has 1 unspecified atom stereocenters. The van der Waals surface area contributed by atoms with E-state index in [1.807, 2.05) is 24.3 Å². The predicted octanol–water partition coefficient (Wildman–Crippen LogP) is 1.43. The summed E-state index contributed by atoms with van der Waals surface area (Å²) in [6.45, 7) is 3.48. The number of aromatic amines is 1. The van der Waals surface area contributed by atoms with Crippen molar-refractivity contribution in [1.29, 1.82) is 0 Å². The first kappa shape index (κ1) is 15.7. The maximum Gasteiger partial charge on any atom is 0.244 e. The van der Waals surface area contributed by atoms with Gasteiger partial charge in [0.2, 0.25) is 15.9 Å². The van der Waals surface area contributed by atoms with E-state index in [2.05, 4.69) is 20.2 Å². The normalized spacial score (nSPS) is 17.1. The van der Waals surface area contributed by atoms with E-state index in [0.29, 0.717) is 17.8 Å². The number of amides is 1. The van der Waals surface area contributed by atoms with E-state index in [0.717, 1.165) is 11.3 Å². The zero-order valence-corrected chi connectivity index (χ0v) is 13.7. The lowest BCUT2D eigenvalue weighted by atomic mass is 9.97. The SMILES string of the molecule is Cc1n[nH]c(C)c1S(=O)(=O)NCCC1C(=O)Nc2ccccc21. The number of anilines is 1. The molecule has 2 aromatic rings. The Morgan fingerprint density at radius 1 is 1.26 bits per heavy atom. The monoisotopic (exact) mass is 334 g/mol. The van der Waals surface area contributed by atoms with E-state index < -0.39 is 10.0 Å². The van der Waals surface area contributed by atoms with Crippen LogP contribution in [0.3, 0.4) is 0 Å². The number of fused-ring (bicyclic) bond motifs is 1. The molecule has 1 aromatic heterocycles. The lowest BCUT2D eigenvalue weighted by Crippen LogP contribution is -2.27. The molecule has 0 aliphatic carbocycles. The number of aromatic nitrogens is 2. The molecular formula is C15H18N4O3S. The Morgan fingerprint density at radius 3 is 2.70 bits per heavy atom. The van der Waals surface area contributed by atoms with Crippen molar-refractivity contribution in [3.05, 3.63) is 41.2 Å². The summed E-state index contributed by atoms with van der Waals surface area (Å²) in [4.78, 5) is 12.2. The van der Waals surface area contributed by atoms with Crippen LogP contribution >= 0.6 is 0 Å². The fourth-order valence-electron chi connectivity index (χ4n) is 2.91. The summed E-state index contributed by atoms with van der Waals surface area (Å²) in [6.07, 6.45) is 0.401. The van der Waals surface area contributed by atoms with Gasteiger partial charge in [0, 0.05) is 12.2 Å². The van der Waals surface area contributed by atoms with Crippen molar-refractivity contribution in [2.45, 2.75) is 31.1 Å². The number of rotatable bonds is 5. The van der Waals surface area contributed by atoms with Crippen LogP contribution in [0.5, 0.6) is 0 Å². The van der Waals surface area contributed by atoms with Gasteiger partial charge in [-0.1, -0.05) is 18.2 Å². The first-order valence-electron chi connectivity index (χ1n) is 7.31. The van der Waals surface area contributed by atoms with Crippen LogP contribution in [0.4, 0.5) is 5.69 Å². The molecule has 2 heterocycles. The fraction of sp³-hybridized carbons (Fsp3) is 0.333. The molecule has 1 aromatic carbocycles. The van der Waals surface area contributed by atoms with Crippen molar-refractivity contribution < 1.29 is 13.2 Å². The summed E-state index contributed by atoms with van der Waals surface area (Å²) in [7, 11) is -3.64. The van der Waals surface area contributed by atoms with Gasteiger partial charge in [0.15, 0.2) is 0 Å². The molecule has 0 bridgehead atoms. The molecule has 0 saturated carbocycles. The highest BCUT2D eigenvalue weighted by Crippen LogP contribution is 2.34. The highest BCUT2D eigenvalue weighted by atomic mass is 32.2. The smallest absolute Gasteiger partial charge is 0.244 e. The second kappa shape index (κ2) is 5.78. The third-order valence-electron chi connectivity index (χ3n) is 3.96. The molecule has 1 aliphatic rings. The van der Waals surface area contributed by atoms with Crippen LogP contribution in [-0.2, 0) is 14.8 Å². The maximum atomic E-state index is 12.4. The molecule has 122 valence electrons. The van der Waals surface area contributed by atoms with E-state index >= 15 is 0 Å². The van der Waals surface area contributed by atoms with Crippen molar-refractivity contribution in [2.24, 2.45) is 0 Å². The number of nitrogens with zero attached hydrogens (tertiary/aromatic N) is 1. The molecule has 8 heteroatoms. The minimum Gasteiger partial charge on any atom is -0.325 e. The standard InChI is InChI=1S/C15H18N4O3S/c1-9-14(10(2)19-18-9)23(21,22)16-8-7-12-11-5-3-4-6-13(11)17-15(12)20/h3-6,12,16H,7-8H2,1-2H3,(H,17,20)(H,18,19). The molecule has 3 rings (SSSR count). The first-order chi connectivity index (χ1) is 10.9. The summed E-state index contributed by atoms with van der Waals surface area (Å²) in [5.74, 6) is -0.429. The van der Waals surface area contributed by atoms with Gasteiger partial charge in [-0.2, -0.15) is 5.10 Å². The van der Waals surface area contributed by atoms with E-state index in [9.17, 15) is 13.2 Å². The summed E-state index contributed by atoms with van der Waals surface area (Å²) >= 11 is 0. The van der Waals surface area contributed by atoms with Crippen LogP contribution < -0.4 is 10.0 Å². The van der Waals surface area contributed by atoms with Crippen LogP contribution in [0.15, 0.2) is 29.2 Å². The van der Waals surface area contributed by atoms with Crippen LogP contribution in [0.2, 0.25) is 0 Å². The van der Waals surface area contributed by atoms with E-state index in [1.165, 1.54) is 0 Å². The average molecular weight is 334 g/mol. The summed E-state index contributed by atoms with van der Waals surface area (Å²) < 4.78 is 27.3. The van der Waals surface area contributed by atoms with Gasteiger partial charge in [-0.3, -0.25) is 9.89 Å². The van der Waals surface area contributed by atoms with E-state index in [4.69, 9.17) is 0 Å². The fourth-order valence-corrected chi connectivity index (χ4v) is 4.32. The average Bonchev–Trinajstić information content (AvgIpc) is 2.99. The van der Waals surface area contributed by atoms with Crippen LogP contribution in [0, 0.1) is 13.8 Å². The number of carbonyl (C=O) groups is 1. The molecule has 1 amide bonds. The molecule has 1 aliphatic heterocycles. The topological polar surface area (TPSA) is 104 Å². The minimum absolute atomic E-state index is 0.0962. The third kappa shape index (κ3) is 2.87. The quantitative estimate of drug-likeness (QED) is 0.769. The lowest BCUT2D eigenvalue weighted by molar-refractivity contribution is -0.117. The zero-order valence-electron chi connectivity index (χ0n) is 12.9. The van der Waals surface area contributed by atoms with Gasteiger partial charge in [-0.25, -0.2) is 13.1 Å². The third-order valence-corrected chi connectivity index (χ3v) is 5.69. The van der Waals surface area contributed by atoms with Gasteiger partial charge >= 0.3 is 0 Å². The molecule has 0 fully saturated rings. The predicted molar refractivity (Wildman–Crippen MR) is 85.7 cm³/mol. The Morgan fingerprint density at radius 2 is 2.00 bits per heavy atom. The number of hydrogen-bond donors (Lipinski definition) is 3. The number of sulfonamides is 1. The Hall–Kier alpha value is -2.19. The van der Waals surface area contributed by atoms with Gasteiger partial charge < -0.3 is 5.32 Å². The Balaban J connectivity index is 1.70. The van der Waals surface area contributed by atoms with Gasteiger partial charge in [-0.05, 0) is 31.9 Å². The molecule has 0 radical (unpaired) electrons.